The van der Waals surface area contributed by atoms with Gasteiger partial charge in [0.1, 0.15) is 12.3 Å². The Morgan fingerprint density at radius 1 is 1.36 bits per heavy atom. The highest BCUT2D eigenvalue weighted by atomic mass is 16.5. The van der Waals surface area contributed by atoms with Crippen LogP contribution < -0.4 is 5.32 Å². The number of hydrogen-bond donors (Lipinski definition) is 1. The van der Waals surface area contributed by atoms with Crippen molar-refractivity contribution in [2.24, 2.45) is 10.9 Å². The van der Waals surface area contributed by atoms with E-state index in [1.165, 1.54) is 0 Å². The van der Waals surface area contributed by atoms with E-state index < -0.39 is 0 Å². The van der Waals surface area contributed by atoms with Gasteiger partial charge in [-0.15, -0.1) is 0 Å². The maximum atomic E-state index is 12.0. The second kappa shape index (κ2) is 9.88. The number of aryl methyl sites for hydroxylation is 1. The molecule has 156 valence electrons. The van der Waals surface area contributed by atoms with E-state index in [2.05, 4.69) is 25.3 Å². The Hall–Kier alpha value is -2.13. The number of nitrogens with one attached hydrogen (secondary N) is 1. The van der Waals surface area contributed by atoms with E-state index in [9.17, 15) is 4.79 Å². The first kappa shape index (κ1) is 20.6. The minimum absolute atomic E-state index is 0.00328. The molecule has 1 N–H and O–H groups in total. The third-order valence-electron chi connectivity index (χ3n) is 5.17. The third-order valence-corrected chi connectivity index (χ3v) is 5.17. The maximum Gasteiger partial charge on any atom is 0.243 e. The molecule has 0 bridgehead atoms. The summed E-state index contributed by atoms with van der Waals surface area (Å²) in [6.07, 6.45) is 1.07. The largest absolute Gasteiger partial charge is 0.381 e. The Balaban J connectivity index is 1.54. The number of aliphatic imine (C=N–C) groups is 1. The summed E-state index contributed by atoms with van der Waals surface area (Å²) in [4.78, 5) is 22.7. The van der Waals surface area contributed by atoms with Crippen molar-refractivity contribution in [3.8, 4) is 0 Å². The molecule has 1 unspecified atom stereocenters. The number of rotatable bonds is 6. The standard InChI is InChI=1S/C19H32N6O3/c1-15-10-17(22-28-15)13-24-5-7-25(8-6-24)19(21-12-18(26)23(2)3)20-11-16-4-9-27-14-16/h10,16H,4-9,11-14H2,1-3H3,(H,20,21). The quantitative estimate of drug-likeness (QED) is 0.546. The van der Waals surface area contributed by atoms with Crippen LogP contribution in [0.4, 0.5) is 0 Å². The first-order valence-electron chi connectivity index (χ1n) is 9.97. The van der Waals surface area contributed by atoms with Crippen LogP contribution in [-0.2, 0) is 16.1 Å². The fourth-order valence-corrected chi connectivity index (χ4v) is 3.37. The van der Waals surface area contributed by atoms with E-state index in [1.54, 1.807) is 19.0 Å². The van der Waals surface area contributed by atoms with Crippen LogP contribution in [0.15, 0.2) is 15.6 Å². The lowest BCUT2D eigenvalue weighted by molar-refractivity contribution is -0.127. The lowest BCUT2D eigenvalue weighted by Crippen LogP contribution is -2.53. The summed E-state index contributed by atoms with van der Waals surface area (Å²) in [5.41, 5.74) is 0.968. The molecule has 3 rings (SSSR count). The van der Waals surface area contributed by atoms with Crippen molar-refractivity contribution < 1.29 is 14.1 Å². The molecular formula is C19H32N6O3. The summed E-state index contributed by atoms with van der Waals surface area (Å²) in [6, 6.07) is 1.98. The molecule has 3 heterocycles. The molecule has 1 aromatic heterocycles. The predicted octanol–water partition coefficient (Wildman–Crippen LogP) is 0.171. The number of likely N-dealkylation sites (N-methyl/N-ethyl adjacent to an activating group) is 1. The first-order chi connectivity index (χ1) is 13.5. The predicted molar refractivity (Wildman–Crippen MR) is 106 cm³/mol. The van der Waals surface area contributed by atoms with Crippen molar-refractivity contribution in [2.75, 3.05) is 66.6 Å². The van der Waals surface area contributed by atoms with Gasteiger partial charge in [-0.3, -0.25) is 9.69 Å². The number of aromatic nitrogens is 1. The number of hydrogen-bond acceptors (Lipinski definition) is 6. The Labute approximate surface area is 166 Å². The molecule has 0 spiro atoms. The zero-order chi connectivity index (χ0) is 19.9. The maximum absolute atomic E-state index is 12.0. The van der Waals surface area contributed by atoms with Crippen molar-refractivity contribution in [3.63, 3.8) is 0 Å². The minimum atomic E-state index is 0.00328. The Bertz CT molecular complexity index is 660. The number of guanidine groups is 1. The van der Waals surface area contributed by atoms with Crippen LogP contribution in [0.2, 0.25) is 0 Å². The van der Waals surface area contributed by atoms with E-state index in [0.717, 1.165) is 76.3 Å². The van der Waals surface area contributed by atoms with E-state index in [-0.39, 0.29) is 12.5 Å². The van der Waals surface area contributed by atoms with Gasteiger partial charge in [0.05, 0.1) is 12.3 Å². The summed E-state index contributed by atoms with van der Waals surface area (Å²) in [6.45, 7) is 8.88. The molecule has 1 aromatic rings. The normalized spacial score (nSPS) is 21.2. The highest BCUT2D eigenvalue weighted by molar-refractivity contribution is 5.84. The van der Waals surface area contributed by atoms with E-state index >= 15 is 0 Å². The highest BCUT2D eigenvalue weighted by Gasteiger charge is 2.23. The van der Waals surface area contributed by atoms with Gasteiger partial charge >= 0.3 is 0 Å². The summed E-state index contributed by atoms with van der Waals surface area (Å²) in [7, 11) is 3.51. The molecule has 0 radical (unpaired) electrons. The molecule has 9 nitrogen and oxygen atoms in total. The van der Waals surface area contributed by atoms with Gasteiger partial charge in [0.25, 0.3) is 0 Å². The number of ether oxygens (including phenoxy) is 1. The fraction of sp³-hybridized carbons (Fsp3) is 0.737. The van der Waals surface area contributed by atoms with Crippen molar-refractivity contribution in [1.82, 2.24) is 25.2 Å². The number of carbonyl (C=O) groups excluding carboxylic acids is 1. The number of nitrogens with zero attached hydrogens (tertiary/aromatic N) is 5. The molecule has 2 aliphatic heterocycles. The average Bonchev–Trinajstić information content (AvgIpc) is 3.34. The number of carbonyl (C=O) groups is 1. The van der Waals surface area contributed by atoms with Crippen molar-refractivity contribution in [2.45, 2.75) is 19.9 Å². The van der Waals surface area contributed by atoms with E-state index in [0.29, 0.717) is 5.92 Å². The van der Waals surface area contributed by atoms with Gasteiger partial charge < -0.3 is 24.4 Å². The van der Waals surface area contributed by atoms with Gasteiger partial charge in [-0.2, -0.15) is 0 Å². The van der Waals surface area contributed by atoms with Gasteiger partial charge in [0, 0.05) is 72.0 Å². The molecule has 2 saturated heterocycles. The summed E-state index contributed by atoms with van der Waals surface area (Å²) >= 11 is 0. The molecule has 2 fully saturated rings. The summed E-state index contributed by atoms with van der Waals surface area (Å²) in [5.74, 6) is 2.17. The van der Waals surface area contributed by atoms with Gasteiger partial charge in [-0.25, -0.2) is 4.99 Å². The van der Waals surface area contributed by atoms with Crippen molar-refractivity contribution >= 4 is 11.9 Å². The molecule has 1 amide bonds. The monoisotopic (exact) mass is 392 g/mol. The summed E-state index contributed by atoms with van der Waals surface area (Å²) < 4.78 is 10.6. The molecule has 0 saturated carbocycles. The number of amides is 1. The van der Waals surface area contributed by atoms with E-state index in [4.69, 9.17) is 9.26 Å². The lowest BCUT2D eigenvalue weighted by Gasteiger charge is -2.36. The van der Waals surface area contributed by atoms with Crippen LogP contribution in [0.5, 0.6) is 0 Å². The van der Waals surface area contributed by atoms with Crippen LogP contribution in [0.25, 0.3) is 0 Å². The number of piperazine rings is 1. The second-order valence-electron chi connectivity index (χ2n) is 7.73. The Morgan fingerprint density at radius 2 is 2.14 bits per heavy atom. The minimum Gasteiger partial charge on any atom is -0.381 e. The van der Waals surface area contributed by atoms with Gasteiger partial charge in [0.2, 0.25) is 5.91 Å². The zero-order valence-corrected chi connectivity index (χ0v) is 17.2. The highest BCUT2D eigenvalue weighted by Crippen LogP contribution is 2.12. The first-order valence-corrected chi connectivity index (χ1v) is 9.97. The van der Waals surface area contributed by atoms with Crippen molar-refractivity contribution in [3.05, 3.63) is 17.5 Å². The topological polar surface area (TPSA) is 86.4 Å². The van der Waals surface area contributed by atoms with Crippen molar-refractivity contribution in [1.29, 1.82) is 0 Å². The molecular weight excluding hydrogens is 360 g/mol. The molecule has 9 heteroatoms. The third kappa shape index (κ3) is 5.93. The average molecular weight is 393 g/mol. The molecule has 1 atom stereocenters. The lowest BCUT2D eigenvalue weighted by atomic mass is 10.1. The van der Waals surface area contributed by atoms with Gasteiger partial charge in [-0.05, 0) is 13.3 Å². The van der Waals surface area contributed by atoms with Crippen LogP contribution in [0.3, 0.4) is 0 Å². The molecule has 0 aromatic carbocycles. The second-order valence-corrected chi connectivity index (χ2v) is 7.73. The van der Waals surface area contributed by atoms with E-state index in [1.807, 2.05) is 13.0 Å². The van der Waals surface area contributed by atoms with Crippen LogP contribution in [-0.4, -0.2) is 98.3 Å². The van der Waals surface area contributed by atoms with Crippen LogP contribution in [0, 0.1) is 12.8 Å². The SMILES string of the molecule is Cc1cc(CN2CCN(C(=NCC(=O)N(C)C)NCC3CCOC3)CC2)no1. The van der Waals surface area contributed by atoms with Gasteiger partial charge in [0.15, 0.2) is 5.96 Å². The smallest absolute Gasteiger partial charge is 0.243 e. The van der Waals surface area contributed by atoms with Crippen LogP contribution in [0.1, 0.15) is 17.9 Å². The molecule has 28 heavy (non-hydrogen) atoms. The van der Waals surface area contributed by atoms with Crippen LogP contribution >= 0.6 is 0 Å². The fourth-order valence-electron chi connectivity index (χ4n) is 3.37. The molecule has 2 aliphatic rings. The zero-order valence-electron chi connectivity index (χ0n) is 17.2. The Kier molecular flexibility index (Phi) is 7.27. The van der Waals surface area contributed by atoms with Gasteiger partial charge in [-0.1, -0.05) is 5.16 Å². The Morgan fingerprint density at radius 3 is 2.75 bits per heavy atom. The molecule has 0 aliphatic carbocycles. The summed E-state index contributed by atoms with van der Waals surface area (Å²) in [5, 5.41) is 7.56.